The SMILES string of the molecule is CC(C)(C)OC(=O)N1CCC(OC=O)C1. The van der Waals surface area contributed by atoms with Crippen LogP contribution < -0.4 is 0 Å². The van der Waals surface area contributed by atoms with E-state index in [0.29, 0.717) is 26.0 Å². The molecule has 0 saturated carbocycles. The summed E-state index contributed by atoms with van der Waals surface area (Å²) in [7, 11) is 0. The van der Waals surface area contributed by atoms with E-state index in [1.165, 1.54) is 0 Å². The maximum atomic E-state index is 11.6. The quantitative estimate of drug-likeness (QED) is 0.649. The molecule has 0 bridgehead atoms. The van der Waals surface area contributed by atoms with Crippen LogP contribution in [0.3, 0.4) is 0 Å². The predicted octanol–water partition coefficient (Wildman–Crippen LogP) is 1.17. The van der Waals surface area contributed by atoms with Gasteiger partial charge in [0.05, 0.1) is 6.54 Å². The Morgan fingerprint density at radius 1 is 1.47 bits per heavy atom. The third kappa shape index (κ3) is 3.77. The van der Waals surface area contributed by atoms with Gasteiger partial charge in [-0.1, -0.05) is 0 Å². The zero-order valence-corrected chi connectivity index (χ0v) is 9.36. The van der Waals surface area contributed by atoms with E-state index in [1.807, 2.05) is 20.8 Å². The molecule has 0 radical (unpaired) electrons. The second-order valence-corrected chi connectivity index (χ2v) is 4.57. The maximum Gasteiger partial charge on any atom is 0.410 e. The number of likely N-dealkylation sites (tertiary alicyclic amines) is 1. The van der Waals surface area contributed by atoms with Crippen molar-refractivity contribution in [3.63, 3.8) is 0 Å². The van der Waals surface area contributed by atoms with Gasteiger partial charge in [-0.3, -0.25) is 4.79 Å². The molecule has 0 N–H and O–H groups in total. The van der Waals surface area contributed by atoms with Gasteiger partial charge in [0.1, 0.15) is 11.7 Å². The first-order valence-corrected chi connectivity index (χ1v) is 4.99. The molecular weight excluding hydrogens is 198 g/mol. The number of hydrogen-bond donors (Lipinski definition) is 0. The van der Waals surface area contributed by atoms with Crippen LogP contribution >= 0.6 is 0 Å². The van der Waals surface area contributed by atoms with Gasteiger partial charge in [-0.15, -0.1) is 0 Å². The van der Waals surface area contributed by atoms with E-state index in [4.69, 9.17) is 9.47 Å². The Morgan fingerprint density at radius 2 is 2.13 bits per heavy atom. The van der Waals surface area contributed by atoms with E-state index in [0.717, 1.165) is 0 Å². The molecule has 1 atom stereocenters. The van der Waals surface area contributed by atoms with Crippen molar-refractivity contribution < 1.29 is 19.1 Å². The van der Waals surface area contributed by atoms with E-state index in [9.17, 15) is 9.59 Å². The summed E-state index contributed by atoms with van der Waals surface area (Å²) >= 11 is 0. The average molecular weight is 215 g/mol. The first kappa shape index (κ1) is 11.8. The molecule has 0 aromatic rings. The summed E-state index contributed by atoms with van der Waals surface area (Å²) in [4.78, 5) is 23.2. The molecule has 1 unspecified atom stereocenters. The molecule has 0 spiro atoms. The Kier molecular flexibility index (Phi) is 3.55. The maximum absolute atomic E-state index is 11.6. The van der Waals surface area contributed by atoms with Crippen molar-refractivity contribution in [2.75, 3.05) is 13.1 Å². The summed E-state index contributed by atoms with van der Waals surface area (Å²) in [6.45, 7) is 6.88. The number of carbonyl (C=O) groups excluding carboxylic acids is 2. The van der Waals surface area contributed by atoms with Gasteiger partial charge in [0.2, 0.25) is 0 Å². The lowest BCUT2D eigenvalue weighted by atomic mass is 10.2. The van der Waals surface area contributed by atoms with Crippen LogP contribution in [0.5, 0.6) is 0 Å². The van der Waals surface area contributed by atoms with Gasteiger partial charge in [0.25, 0.3) is 6.47 Å². The fraction of sp³-hybridized carbons (Fsp3) is 0.800. The van der Waals surface area contributed by atoms with Crippen molar-refractivity contribution in [1.82, 2.24) is 4.90 Å². The highest BCUT2D eigenvalue weighted by Gasteiger charge is 2.30. The number of rotatable bonds is 2. The van der Waals surface area contributed by atoms with Crippen LogP contribution in [-0.2, 0) is 14.3 Å². The summed E-state index contributed by atoms with van der Waals surface area (Å²) in [6, 6.07) is 0. The largest absolute Gasteiger partial charge is 0.463 e. The third-order valence-electron chi connectivity index (χ3n) is 2.04. The average Bonchev–Trinajstić information content (AvgIpc) is 2.50. The summed E-state index contributed by atoms with van der Waals surface area (Å²) < 4.78 is 9.97. The summed E-state index contributed by atoms with van der Waals surface area (Å²) in [6.07, 6.45) is 0.146. The van der Waals surface area contributed by atoms with Crippen LogP contribution in [0.25, 0.3) is 0 Å². The minimum Gasteiger partial charge on any atom is -0.463 e. The molecule has 15 heavy (non-hydrogen) atoms. The standard InChI is InChI=1S/C10H17NO4/c1-10(2,3)15-9(13)11-5-4-8(6-11)14-7-12/h7-8H,4-6H2,1-3H3. The first-order chi connectivity index (χ1) is 6.92. The number of hydrogen-bond acceptors (Lipinski definition) is 4. The molecule has 1 rings (SSSR count). The predicted molar refractivity (Wildman–Crippen MR) is 53.4 cm³/mol. The molecule has 1 aliphatic heterocycles. The highest BCUT2D eigenvalue weighted by atomic mass is 16.6. The summed E-state index contributed by atoms with van der Waals surface area (Å²) in [5, 5.41) is 0. The van der Waals surface area contributed by atoms with Crippen molar-refractivity contribution in [1.29, 1.82) is 0 Å². The first-order valence-electron chi connectivity index (χ1n) is 4.99. The van der Waals surface area contributed by atoms with E-state index in [2.05, 4.69) is 0 Å². The third-order valence-corrected chi connectivity index (χ3v) is 2.04. The smallest absolute Gasteiger partial charge is 0.410 e. The highest BCUT2D eigenvalue weighted by molar-refractivity contribution is 5.68. The summed E-state index contributed by atoms with van der Waals surface area (Å²) in [5.41, 5.74) is -0.485. The van der Waals surface area contributed by atoms with Crippen LogP contribution in [-0.4, -0.2) is 42.3 Å². The molecule has 86 valence electrons. The van der Waals surface area contributed by atoms with Gasteiger partial charge in [-0.25, -0.2) is 4.79 Å². The Hall–Kier alpha value is -1.26. The zero-order chi connectivity index (χ0) is 11.5. The van der Waals surface area contributed by atoms with Gasteiger partial charge < -0.3 is 14.4 Å². The fourth-order valence-corrected chi connectivity index (χ4v) is 1.41. The molecule has 1 amide bonds. The molecule has 0 aromatic carbocycles. The Labute approximate surface area is 89.3 Å². The van der Waals surface area contributed by atoms with Crippen molar-refractivity contribution >= 4 is 12.6 Å². The van der Waals surface area contributed by atoms with Crippen molar-refractivity contribution in [3.8, 4) is 0 Å². The van der Waals surface area contributed by atoms with E-state index in [-0.39, 0.29) is 12.2 Å². The normalized spacial score (nSPS) is 21.3. The van der Waals surface area contributed by atoms with Gasteiger partial charge in [-0.2, -0.15) is 0 Å². The molecule has 1 fully saturated rings. The summed E-state index contributed by atoms with van der Waals surface area (Å²) in [5.74, 6) is 0. The molecule has 0 aliphatic carbocycles. The second-order valence-electron chi connectivity index (χ2n) is 4.57. The van der Waals surface area contributed by atoms with Gasteiger partial charge >= 0.3 is 6.09 Å². The minimum atomic E-state index is -0.485. The highest BCUT2D eigenvalue weighted by Crippen LogP contribution is 2.16. The minimum absolute atomic E-state index is 0.185. The molecule has 0 aromatic heterocycles. The molecule has 1 saturated heterocycles. The van der Waals surface area contributed by atoms with Crippen molar-refractivity contribution in [3.05, 3.63) is 0 Å². The van der Waals surface area contributed by atoms with Gasteiger partial charge in [0.15, 0.2) is 0 Å². The topological polar surface area (TPSA) is 55.8 Å². The lowest BCUT2D eigenvalue weighted by molar-refractivity contribution is -0.132. The number of ether oxygens (including phenoxy) is 2. The molecular formula is C10H17NO4. The molecule has 5 nitrogen and oxygen atoms in total. The second kappa shape index (κ2) is 4.51. The number of nitrogens with zero attached hydrogens (tertiary/aromatic N) is 1. The van der Waals surface area contributed by atoms with Gasteiger partial charge in [-0.05, 0) is 20.8 Å². The lowest BCUT2D eigenvalue weighted by Gasteiger charge is -2.24. The zero-order valence-electron chi connectivity index (χ0n) is 9.36. The fourth-order valence-electron chi connectivity index (χ4n) is 1.41. The lowest BCUT2D eigenvalue weighted by Crippen LogP contribution is -2.36. The van der Waals surface area contributed by atoms with Crippen LogP contribution in [0.4, 0.5) is 4.79 Å². The van der Waals surface area contributed by atoms with Crippen LogP contribution in [0, 0.1) is 0 Å². The van der Waals surface area contributed by atoms with Crippen LogP contribution in [0.2, 0.25) is 0 Å². The molecule has 1 aliphatic rings. The van der Waals surface area contributed by atoms with Crippen molar-refractivity contribution in [2.24, 2.45) is 0 Å². The van der Waals surface area contributed by atoms with E-state index >= 15 is 0 Å². The van der Waals surface area contributed by atoms with Crippen LogP contribution in [0.15, 0.2) is 0 Å². The Morgan fingerprint density at radius 3 is 2.67 bits per heavy atom. The number of carbonyl (C=O) groups is 2. The monoisotopic (exact) mass is 215 g/mol. The van der Waals surface area contributed by atoms with E-state index < -0.39 is 5.60 Å². The van der Waals surface area contributed by atoms with E-state index in [1.54, 1.807) is 4.90 Å². The Bertz CT molecular complexity index is 246. The number of amides is 1. The van der Waals surface area contributed by atoms with Crippen LogP contribution in [0.1, 0.15) is 27.2 Å². The Balaban J connectivity index is 2.40. The molecule has 1 heterocycles. The van der Waals surface area contributed by atoms with Crippen molar-refractivity contribution in [2.45, 2.75) is 38.9 Å². The molecule has 5 heteroatoms. The van der Waals surface area contributed by atoms with Gasteiger partial charge in [0, 0.05) is 13.0 Å².